The second-order valence-corrected chi connectivity index (χ2v) is 27.1. The minimum atomic E-state index is -2.49. The molecule has 5 aliphatic heterocycles. The van der Waals surface area contributed by atoms with Crippen LogP contribution < -0.4 is 0 Å². The Morgan fingerprint density at radius 2 is 1.62 bits per heavy atom. The number of allylic oxidation sites excluding steroid dienone is 1. The molecule has 0 amide bonds. The number of rotatable bonds is 15. The van der Waals surface area contributed by atoms with E-state index in [4.69, 9.17) is 32.8 Å². The van der Waals surface area contributed by atoms with Crippen molar-refractivity contribution < 1.29 is 42.4 Å². The summed E-state index contributed by atoms with van der Waals surface area (Å²) >= 11 is 0. The second kappa shape index (κ2) is 16.0. The van der Waals surface area contributed by atoms with E-state index in [0.717, 1.165) is 55.6 Å². The molecule has 11 rings (SSSR count). The Hall–Kier alpha value is -2.74. The van der Waals surface area contributed by atoms with Crippen LogP contribution in [0, 0.1) is 45.8 Å². The van der Waals surface area contributed by atoms with Crippen LogP contribution in [0.3, 0.4) is 0 Å². The van der Waals surface area contributed by atoms with Gasteiger partial charge in [-0.1, -0.05) is 127 Å². The molecule has 63 heavy (non-hydrogen) atoms. The summed E-state index contributed by atoms with van der Waals surface area (Å²) in [6.07, 6.45) is 7.13. The van der Waals surface area contributed by atoms with Gasteiger partial charge in [0.25, 0.3) is 0 Å². The zero-order valence-corrected chi connectivity index (χ0v) is 39.9. The molecule has 4 aliphatic carbocycles. The first kappa shape index (κ1) is 44.1. The van der Waals surface area contributed by atoms with Crippen LogP contribution in [0.1, 0.15) is 104 Å². The average Bonchev–Trinajstić information content (AvgIpc) is 4.00. The van der Waals surface area contributed by atoms with Crippen molar-refractivity contribution >= 4 is 20.6 Å². The van der Waals surface area contributed by atoms with Crippen molar-refractivity contribution in [1.82, 2.24) is 4.90 Å². The Morgan fingerprint density at radius 1 is 0.937 bits per heavy atom. The van der Waals surface area contributed by atoms with E-state index in [0.29, 0.717) is 18.9 Å². The monoisotopic (exact) mass is 881 g/mol. The number of fused-ring (bicyclic) bond motifs is 2. The Bertz CT molecular complexity index is 2010. The molecule has 5 saturated heterocycles. The number of carbonyl (C=O) groups is 2. The predicted molar refractivity (Wildman–Crippen MR) is 241 cm³/mol. The summed E-state index contributed by atoms with van der Waals surface area (Å²) in [7, 11) is -2.49. The summed E-state index contributed by atoms with van der Waals surface area (Å²) in [4.78, 5) is 33.2. The fourth-order valence-corrected chi connectivity index (χ4v) is 15.2. The molecule has 0 radical (unpaired) electrons. The maximum absolute atomic E-state index is 16.2. The summed E-state index contributed by atoms with van der Waals surface area (Å²) in [6, 6.07) is 20.0. The molecule has 13 unspecified atom stereocenters. The number of nitrogens with zero attached hydrogens (tertiary/aromatic N) is 1. The molecule has 0 spiro atoms. The third-order valence-corrected chi connectivity index (χ3v) is 22.4. The molecule has 3 saturated carbocycles. The van der Waals surface area contributed by atoms with Crippen molar-refractivity contribution in [2.24, 2.45) is 45.8 Å². The van der Waals surface area contributed by atoms with E-state index in [1.54, 1.807) is 0 Å². The third kappa shape index (κ3) is 6.55. The molecule has 13 atom stereocenters. The standard InChI is InChI=1S/C52H71NO9Si/c1-33(2)40-28-37-29-49(31-54)39-23-22-34(3)38(39)30-50(37,51(40,49)47(55)59-41(35-18-12-9-13-19-35)36-20-14-10-15-21-36)32-57-52-45(62-63(7,8)48(4,5)6)43-42(44(60-52)46(58-43)61-52)56-27-26-53-24-16-11-17-25-53/h9-10,12-15,18-21,28,31,33-34,37-39,41-46H,11,16-17,22-27,29-30,32H2,1-8H3. The number of esters is 1. The molecular weight excluding hydrogens is 811 g/mol. The topological polar surface area (TPSA) is 102 Å². The smallest absolute Gasteiger partial charge is 0.318 e. The molecule has 2 aromatic rings. The van der Waals surface area contributed by atoms with Gasteiger partial charge < -0.3 is 37.8 Å². The summed E-state index contributed by atoms with van der Waals surface area (Å²) < 4.78 is 49.1. The maximum atomic E-state index is 16.2. The van der Waals surface area contributed by atoms with Crippen molar-refractivity contribution in [3.05, 3.63) is 83.4 Å². The van der Waals surface area contributed by atoms with Crippen LogP contribution in [0.2, 0.25) is 18.1 Å². The predicted octanol–water partition coefficient (Wildman–Crippen LogP) is 9.25. The highest BCUT2D eigenvalue weighted by molar-refractivity contribution is 6.74. The molecule has 11 heteroatoms. The zero-order valence-electron chi connectivity index (χ0n) is 38.9. The van der Waals surface area contributed by atoms with Crippen LogP contribution in [0.15, 0.2) is 72.3 Å². The lowest BCUT2D eigenvalue weighted by Gasteiger charge is -2.59. The molecule has 0 aromatic heterocycles. The first-order chi connectivity index (χ1) is 30.1. The Kier molecular flexibility index (Phi) is 11.2. The summed E-state index contributed by atoms with van der Waals surface area (Å²) in [5, 5.41) is -0.126. The summed E-state index contributed by atoms with van der Waals surface area (Å²) in [5.74, 6) is -1.32. The molecule has 2 aromatic carbocycles. The van der Waals surface area contributed by atoms with Crippen molar-refractivity contribution in [2.45, 2.75) is 147 Å². The minimum absolute atomic E-state index is 0.0152. The molecule has 342 valence electrons. The van der Waals surface area contributed by atoms with Gasteiger partial charge in [-0.05, 0) is 104 Å². The highest BCUT2D eigenvalue weighted by atomic mass is 28.4. The number of carbonyl (C=O) groups excluding carboxylic acids is 2. The Morgan fingerprint density at radius 3 is 2.25 bits per heavy atom. The SMILES string of the molecule is CC(C)C1=CC2CC3(C=O)C4CCC(C)C4CC2(COC24OC5OC(C(OCCN6CCCCC6)C5O2)C4O[Si](C)(C)C(C)(C)C)C13C(=O)OC(c1ccccc1)c1ccccc1. The van der Waals surface area contributed by atoms with Crippen LogP contribution >= 0.6 is 0 Å². The Balaban J connectivity index is 1.04. The highest BCUT2D eigenvalue weighted by Gasteiger charge is 2.85. The lowest BCUT2D eigenvalue weighted by atomic mass is 9.43. The lowest BCUT2D eigenvalue weighted by Crippen LogP contribution is -2.68. The van der Waals surface area contributed by atoms with Crippen molar-refractivity contribution in [3.8, 4) is 0 Å². The fraction of sp³-hybridized carbons (Fsp3) is 0.692. The normalized spacial score (nSPS) is 40.2. The van der Waals surface area contributed by atoms with Crippen molar-refractivity contribution in [3.63, 3.8) is 0 Å². The van der Waals surface area contributed by atoms with E-state index in [2.05, 4.69) is 65.6 Å². The van der Waals surface area contributed by atoms with E-state index >= 15 is 4.79 Å². The van der Waals surface area contributed by atoms with Crippen molar-refractivity contribution in [2.75, 3.05) is 32.8 Å². The zero-order chi connectivity index (χ0) is 44.2. The number of hydrogen-bond acceptors (Lipinski definition) is 10. The fourth-order valence-electron chi connectivity index (χ4n) is 13.9. The van der Waals surface area contributed by atoms with Crippen LogP contribution in [-0.2, 0) is 42.4 Å². The molecule has 8 fully saturated rings. The molecule has 9 aliphatic rings. The number of benzene rings is 2. The van der Waals surface area contributed by atoms with Crippen molar-refractivity contribution in [1.29, 1.82) is 0 Å². The van der Waals surface area contributed by atoms with Gasteiger partial charge in [0.15, 0.2) is 26.8 Å². The largest absolute Gasteiger partial charge is 0.452 e. The minimum Gasteiger partial charge on any atom is -0.452 e. The van der Waals surface area contributed by atoms with Crippen LogP contribution in [-0.4, -0.2) is 95.0 Å². The van der Waals surface area contributed by atoms with Crippen LogP contribution in [0.4, 0.5) is 0 Å². The van der Waals surface area contributed by atoms with Gasteiger partial charge in [-0.3, -0.25) is 9.53 Å². The Labute approximate surface area is 376 Å². The van der Waals surface area contributed by atoms with E-state index in [9.17, 15) is 4.79 Å². The number of ether oxygens (including phenoxy) is 6. The van der Waals surface area contributed by atoms with Gasteiger partial charge in [-0.15, -0.1) is 0 Å². The molecule has 10 nitrogen and oxygen atoms in total. The van der Waals surface area contributed by atoms with Gasteiger partial charge in [0.05, 0.1) is 18.6 Å². The molecule has 8 bridgehead atoms. The summed E-state index contributed by atoms with van der Waals surface area (Å²) in [6.45, 7) is 21.6. The maximum Gasteiger partial charge on any atom is 0.318 e. The van der Waals surface area contributed by atoms with Gasteiger partial charge in [-0.2, -0.15) is 0 Å². The van der Waals surface area contributed by atoms with Crippen LogP contribution in [0.25, 0.3) is 0 Å². The quantitative estimate of drug-likeness (QED) is 0.0745. The van der Waals surface area contributed by atoms with E-state index in [1.807, 2.05) is 60.7 Å². The molecule has 5 heterocycles. The van der Waals surface area contributed by atoms with Gasteiger partial charge in [-0.25, -0.2) is 0 Å². The van der Waals surface area contributed by atoms with Gasteiger partial charge in [0.1, 0.15) is 30.0 Å². The van der Waals surface area contributed by atoms with Gasteiger partial charge in [0.2, 0.25) is 0 Å². The van der Waals surface area contributed by atoms with E-state index in [-0.39, 0.29) is 47.4 Å². The first-order valence-electron chi connectivity index (χ1n) is 24.3. The first-order valence-corrected chi connectivity index (χ1v) is 27.2. The summed E-state index contributed by atoms with van der Waals surface area (Å²) in [5.41, 5.74) is -0.264. The van der Waals surface area contributed by atoms with Gasteiger partial charge >= 0.3 is 11.9 Å². The van der Waals surface area contributed by atoms with Gasteiger partial charge in [0, 0.05) is 12.0 Å². The molecular formula is C52H71NO9Si. The van der Waals surface area contributed by atoms with E-state index in [1.165, 1.54) is 25.5 Å². The molecule has 0 N–H and O–H groups in total. The third-order valence-electron chi connectivity index (χ3n) is 17.9. The van der Waals surface area contributed by atoms with E-state index < -0.39 is 61.2 Å². The average molecular weight is 882 g/mol. The lowest BCUT2D eigenvalue weighted by molar-refractivity contribution is -0.445. The number of piperidine rings is 1. The number of likely N-dealkylation sites (tertiary alicyclic amines) is 1. The second-order valence-electron chi connectivity index (χ2n) is 22.4. The van der Waals surface area contributed by atoms with Crippen LogP contribution in [0.5, 0.6) is 0 Å². The highest BCUT2D eigenvalue weighted by Crippen LogP contribution is 2.83. The number of aldehydes is 1. The number of hydrogen-bond donors (Lipinski definition) is 0.